The van der Waals surface area contributed by atoms with Crippen molar-refractivity contribution in [3.63, 3.8) is 0 Å². The lowest BCUT2D eigenvalue weighted by Crippen LogP contribution is -2.16. The molecule has 3 heterocycles. The number of methoxy groups -OCH3 is 1. The van der Waals surface area contributed by atoms with Crippen molar-refractivity contribution in [1.29, 1.82) is 0 Å². The molecule has 10 heteroatoms. The molecule has 1 saturated heterocycles. The van der Waals surface area contributed by atoms with Crippen molar-refractivity contribution in [3.8, 4) is 17.1 Å². The van der Waals surface area contributed by atoms with E-state index in [1.54, 1.807) is 16.9 Å². The van der Waals surface area contributed by atoms with Crippen LogP contribution in [0, 0.1) is 6.92 Å². The Balaban J connectivity index is 2.13. The maximum absolute atomic E-state index is 11.9. The number of hydrogen-bond acceptors (Lipinski definition) is 7. The monoisotopic (exact) mass is 365 g/mol. The number of hydrogen-bond donors (Lipinski definition) is 1. The van der Waals surface area contributed by atoms with Crippen molar-refractivity contribution in [2.45, 2.75) is 25.8 Å². The fourth-order valence-corrected chi connectivity index (χ4v) is 4.58. The van der Waals surface area contributed by atoms with Gasteiger partial charge in [-0.1, -0.05) is 0 Å². The Kier molecular flexibility index (Phi) is 4.46. The number of nitrogens with zero attached hydrogens (tertiary/aromatic N) is 4. The summed E-state index contributed by atoms with van der Waals surface area (Å²) in [6.45, 7) is 1.83. The van der Waals surface area contributed by atoms with Crippen LogP contribution in [0.2, 0.25) is 0 Å². The number of primary amides is 1. The van der Waals surface area contributed by atoms with Crippen molar-refractivity contribution in [1.82, 2.24) is 19.7 Å². The van der Waals surface area contributed by atoms with E-state index in [4.69, 9.17) is 10.5 Å². The zero-order valence-electron chi connectivity index (χ0n) is 14.0. The zero-order valence-corrected chi connectivity index (χ0v) is 14.8. The van der Waals surface area contributed by atoms with Gasteiger partial charge in [0, 0.05) is 5.69 Å². The molecule has 1 fully saturated rings. The number of amides is 1. The van der Waals surface area contributed by atoms with Crippen LogP contribution in [0.1, 0.15) is 24.0 Å². The van der Waals surface area contributed by atoms with E-state index in [1.165, 1.54) is 7.11 Å². The summed E-state index contributed by atoms with van der Waals surface area (Å²) < 4.78 is 30.6. The predicted molar refractivity (Wildman–Crippen MR) is 89.7 cm³/mol. The first kappa shape index (κ1) is 17.3. The lowest BCUT2D eigenvalue weighted by Gasteiger charge is -2.14. The molecule has 1 aliphatic rings. The third kappa shape index (κ3) is 3.63. The van der Waals surface area contributed by atoms with Crippen molar-refractivity contribution in [3.05, 3.63) is 23.8 Å². The normalized spacial score (nSPS) is 19.0. The number of ether oxygens (including phenoxy) is 1. The van der Waals surface area contributed by atoms with Crippen LogP contribution in [-0.4, -0.2) is 52.7 Å². The van der Waals surface area contributed by atoms with E-state index >= 15 is 0 Å². The van der Waals surface area contributed by atoms with E-state index in [1.807, 2.05) is 6.92 Å². The second-order valence-corrected chi connectivity index (χ2v) is 8.25. The number of rotatable bonds is 5. The molecule has 1 unspecified atom stereocenters. The average molecular weight is 365 g/mol. The van der Waals surface area contributed by atoms with Crippen molar-refractivity contribution in [2.75, 3.05) is 18.6 Å². The van der Waals surface area contributed by atoms with Gasteiger partial charge >= 0.3 is 0 Å². The summed E-state index contributed by atoms with van der Waals surface area (Å²) in [5.41, 5.74) is 6.63. The van der Waals surface area contributed by atoms with Gasteiger partial charge in [0.25, 0.3) is 0 Å². The van der Waals surface area contributed by atoms with E-state index in [0.29, 0.717) is 23.6 Å². The molecular weight excluding hydrogens is 346 g/mol. The summed E-state index contributed by atoms with van der Waals surface area (Å²) in [7, 11) is -1.59. The zero-order chi connectivity index (χ0) is 18.2. The van der Waals surface area contributed by atoms with Crippen molar-refractivity contribution in [2.24, 2.45) is 5.73 Å². The topological polar surface area (TPSA) is 130 Å². The molecule has 2 aromatic heterocycles. The van der Waals surface area contributed by atoms with Gasteiger partial charge in [-0.05, 0) is 19.4 Å². The average Bonchev–Trinajstić information content (AvgIpc) is 3.09. The second kappa shape index (κ2) is 6.43. The molecule has 0 aromatic carbocycles. The van der Waals surface area contributed by atoms with Crippen LogP contribution in [0.25, 0.3) is 11.4 Å². The minimum Gasteiger partial charge on any atom is -0.494 e. The molecule has 0 spiro atoms. The van der Waals surface area contributed by atoms with Gasteiger partial charge in [0.15, 0.2) is 21.5 Å². The Labute approximate surface area is 145 Å². The fraction of sp³-hybridized carbons (Fsp3) is 0.467. The highest BCUT2D eigenvalue weighted by molar-refractivity contribution is 7.91. The highest BCUT2D eigenvalue weighted by Crippen LogP contribution is 2.33. The molecule has 25 heavy (non-hydrogen) atoms. The first-order chi connectivity index (χ1) is 11.8. The molecule has 2 N–H and O–H groups in total. The smallest absolute Gasteiger partial charge is 0.225 e. The molecule has 1 atom stereocenters. The molecule has 1 amide bonds. The van der Waals surface area contributed by atoms with Gasteiger partial charge in [0.1, 0.15) is 5.75 Å². The highest BCUT2D eigenvalue weighted by Gasteiger charge is 2.32. The van der Waals surface area contributed by atoms with Gasteiger partial charge in [0.2, 0.25) is 5.91 Å². The van der Waals surface area contributed by atoms with Crippen LogP contribution >= 0.6 is 0 Å². The molecule has 3 rings (SSSR count). The van der Waals surface area contributed by atoms with E-state index in [2.05, 4.69) is 15.1 Å². The molecule has 0 saturated carbocycles. The van der Waals surface area contributed by atoms with Crippen molar-refractivity contribution < 1.29 is 17.9 Å². The summed E-state index contributed by atoms with van der Waals surface area (Å²) >= 11 is 0. The van der Waals surface area contributed by atoms with Gasteiger partial charge in [-0.3, -0.25) is 9.78 Å². The van der Waals surface area contributed by atoms with E-state index in [0.717, 1.165) is 5.69 Å². The first-order valence-corrected chi connectivity index (χ1v) is 9.56. The van der Waals surface area contributed by atoms with Gasteiger partial charge < -0.3 is 10.5 Å². The minimum absolute atomic E-state index is 0.00818. The number of pyridine rings is 1. The maximum Gasteiger partial charge on any atom is 0.225 e. The summed E-state index contributed by atoms with van der Waals surface area (Å²) in [5.74, 6) is 0.732. The van der Waals surface area contributed by atoms with Crippen LogP contribution in [0.3, 0.4) is 0 Å². The Morgan fingerprint density at radius 3 is 2.84 bits per heavy atom. The minimum atomic E-state index is -3.10. The number of nitrogens with two attached hydrogens (primary N) is 1. The van der Waals surface area contributed by atoms with Crippen LogP contribution in [0.5, 0.6) is 5.75 Å². The molecule has 0 bridgehead atoms. The summed E-state index contributed by atoms with van der Waals surface area (Å²) in [4.78, 5) is 19.8. The van der Waals surface area contributed by atoms with Crippen LogP contribution in [0.15, 0.2) is 12.3 Å². The third-order valence-corrected chi connectivity index (χ3v) is 5.78. The van der Waals surface area contributed by atoms with E-state index in [-0.39, 0.29) is 29.8 Å². The van der Waals surface area contributed by atoms with E-state index < -0.39 is 15.7 Å². The number of aromatic nitrogens is 4. The molecule has 134 valence electrons. The number of aryl methyl sites for hydroxylation is 1. The van der Waals surface area contributed by atoms with Crippen LogP contribution in [0.4, 0.5) is 0 Å². The van der Waals surface area contributed by atoms with Crippen molar-refractivity contribution >= 4 is 15.7 Å². The number of carbonyl (C=O) groups is 1. The van der Waals surface area contributed by atoms with Gasteiger partial charge in [-0.15, -0.1) is 0 Å². The van der Waals surface area contributed by atoms with Gasteiger partial charge in [-0.2, -0.15) is 5.10 Å². The van der Waals surface area contributed by atoms with Crippen LogP contribution < -0.4 is 10.5 Å². The molecule has 2 aromatic rings. The summed E-state index contributed by atoms with van der Waals surface area (Å²) in [6.07, 6.45) is 1.90. The largest absolute Gasteiger partial charge is 0.494 e. The predicted octanol–water partition coefficient (Wildman–Crippen LogP) is 0.0445. The molecular formula is C15H19N5O4S. The fourth-order valence-electron chi connectivity index (χ4n) is 2.89. The summed E-state index contributed by atoms with van der Waals surface area (Å²) in [5, 5.41) is 4.34. The first-order valence-electron chi connectivity index (χ1n) is 7.74. The molecule has 1 aliphatic heterocycles. The molecule has 0 radical (unpaired) electrons. The van der Waals surface area contributed by atoms with Crippen LogP contribution in [-0.2, 0) is 21.1 Å². The second-order valence-electron chi connectivity index (χ2n) is 6.02. The Bertz CT molecular complexity index is 922. The van der Waals surface area contributed by atoms with E-state index in [9.17, 15) is 13.2 Å². The quantitative estimate of drug-likeness (QED) is 0.792. The van der Waals surface area contributed by atoms with Gasteiger partial charge in [-0.25, -0.2) is 18.1 Å². The maximum atomic E-state index is 11.9. The molecule has 9 nitrogen and oxygen atoms in total. The number of sulfone groups is 1. The Morgan fingerprint density at radius 1 is 1.48 bits per heavy atom. The Hall–Kier alpha value is -2.49. The SMILES string of the molecule is COc1cnc(C)cc1-c1nc(CC(N)=O)nn1C1CCS(=O)(=O)C1. The lowest BCUT2D eigenvalue weighted by atomic mass is 10.2. The highest BCUT2D eigenvalue weighted by atomic mass is 32.2. The summed E-state index contributed by atoms with van der Waals surface area (Å²) in [6, 6.07) is 1.45. The molecule has 0 aliphatic carbocycles. The Morgan fingerprint density at radius 2 is 2.24 bits per heavy atom. The number of carbonyl (C=O) groups excluding carboxylic acids is 1. The van der Waals surface area contributed by atoms with Gasteiger partial charge in [0.05, 0.1) is 42.8 Å². The lowest BCUT2D eigenvalue weighted by molar-refractivity contribution is -0.117. The standard InChI is InChI=1S/C15H19N5O4S/c1-9-5-11(12(24-2)7-17-9)15-18-14(6-13(16)21)19-20(15)10-3-4-25(22,23)8-10/h5,7,10H,3-4,6,8H2,1-2H3,(H2,16,21). The third-order valence-electron chi connectivity index (χ3n) is 4.03.